The van der Waals surface area contributed by atoms with E-state index in [0.29, 0.717) is 31.6 Å². The SMILES string of the molecule is CC(C)(C)c1ccc(NC(=O)N(C=O)CCCN)cc1. The molecule has 1 aromatic carbocycles. The Labute approximate surface area is 120 Å². The molecule has 3 N–H and O–H groups in total. The number of nitrogens with two attached hydrogens (primary N) is 1. The zero-order valence-corrected chi connectivity index (χ0v) is 12.3. The summed E-state index contributed by atoms with van der Waals surface area (Å²) in [4.78, 5) is 23.8. The molecule has 0 saturated carbocycles. The fourth-order valence-electron chi connectivity index (χ4n) is 1.71. The topological polar surface area (TPSA) is 75.4 Å². The Morgan fingerprint density at radius 2 is 1.90 bits per heavy atom. The van der Waals surface area contributed by atoms with Gasteiger partial charge in [0.25, 0.3) is 0 Å². The van der Waals surface area contributed by atoms with Crippen molar-refractivity contribution in [2.45, 2.75) is 32.6 Å². The van der Waals surface area contributed by atoms with Gasteiger partial charge in [0.1, 0.15) is 0 Å². The zero-order valence-electron chi connectivity index (χ0n) is 12.3. The van der Waals surface area contributed by atoms with E-state index in [1.54, 1.807) is 0 Å². The van der Waals surface area contributed by atoms with Crippen LogP contribution in [0.4, 0.5) is 10.5 Å². The average molecular weight is 277 g/mol. The van der Waals surface area contributed by atoms with E-state index in [0.717, 1.165) is 4.90 Å². The normalized spacial score (nSPS) is 11.0. The molecule has 0 unspecified atom stereocenters. The highest BCUT2D eigenvalue weighted by Crippen LogP contribution is 2.23. The minimum absolute atomic E-state index is 0.0680. The second kappa shape index (κ2) is 7.05. The summed E-state index contributed by atoms with van der Waals surface area (Å²) < 4.78 is 0. The fourth-order valence-corrected chi connectivity index (χ4v) is 1.71. The molecule has 5 nitrogen and oxygen atoms in total. The van der Waals surface area contributed by atoms with Gasteiger partial charge in [-0.1, -0.05) is 32.9 Å². The van der Waals surface area contributed by atoms with Crippen LogP contribution in [0.2, 0.25) is 0 Å². The molecule has 0 aliphatic rings. The summed E-state index contributed by atoms with van der Waals surface area (Å²) in [7, 11) is 0. The number of hydrogen-bond acceptors (Lipinski definition) is 3. The Morgan fingerprint density at radius 3 is 2.35 bits per heavy atom. The second-order valence-corrected chi connectivity index (χ2v) is 5.70. The van der Waals surface area contributed by atoms with Crippen molar-refractivity contribution < 1.29 is 9.59 Å². The number of imide groups is 1. The van der Waals surface area contributed by atoms with E-state index >= 15 is 0 Å². The summed E-state index contributed by atoms with van der Waals surface area (Å²) in [6.07, 6.45) is 1.11. The molecule has 0 aromatic heterocycles. The number of rotatable bonds is 5. The maximum atomic E-state index is 11.9. The van der Waals surface area contributed by atoms with Gasteiger partial charge < -0.3 is 11.1 Å². The Balaban J connectivity index is 2.68. The molecule has 20 heavy (non-hydrogen) atoms. The van der Waals surface area contributed by atoms with E-state index in [9.17, 15) is 9.59 Å². The van der Waals surface area contributed by atoms with Gasteiger partial charge in [-0.25, -0.2) is 4.79 Å². The van der Waals surface area contributed by atoms with Gasteiger partial charge in [0.05, 0.1) is 0 Å². The molecule has 1 aromatic rings. The Hall–Kier alpha value is -1.88. The average Bonchev–Trinajstić information content (AvgIpc) is 2.39. The number of amides is 3. The van der Waals surface area contributed by atoms with Crippen molar-refractivity contribution in [2.75, 3.05) is 18.4 Å². The first-order valence-corrected chi connectivity index (χ1v) is 6.72. The number of nitrogens with zero attached hydrogens (tertiary/aromatic N) is 1. The van der Waals surface area contributed by atoms with Crippen LogP contribution in [-0.2, 0) is 10.2 Å². The van der Waals surface area contributed by atoms with Crippen LogP contribution in [0.3, 0.4) is 0 Å². The molecule has 0 saturated heterocycles. The van der Waals surface area contributed by atoms with Crippen LogP contribution >= 0.6 is 0 Å². The van der Waals surface area contributed by atoms with Gasteiger partial charge in [-0.05, 0) is 36.1 Å². The molecular formula is C15H23N3O2. The molecule has 0 heterocycles. The summed E-state index contributed by atoms with van der Waals surface area (Å²) in [5.74, 6) is 0. The maximum absolute atomic E-state index is 11.9. The van der Waals surface area contributed by atoms with Crippen LogP contribution in [0.1, 0.15) is 32.8 Å². The summed E-state index contributed by atoms with van der Waals surface area (Å²) in [5, 5.41) is 2.70. The lowest BCUT2D eigenvalue weighted by atomic mass is 9.87. The fraction of sp³-hybridized carbons (Fsp3) is 0.467. The van der Waals surface area contributed by atoms with Gasteiger partial charge in [-0.2, -0.15) is 0 Å². The van der Waals surface area contributed by atoms with Crippen molar-refractivity contribution >= 4 is 18.1 Å². The predicted molar refractivity (Wildman–Crippen MR) is 80.6 cm³/mol. The zero-order chi connectivity index (χ0) is 15.2. The lowest BCUT2D eigenvalue weighted by molar-refractivity contribution is -0.115. The molecule has 0 atom stereocenters. The number of anilines is 1. The van der Waals surface area contributed by atoms with Crippen LogP contribution in [0.15, 0.2) is 24.3 Å². The smallest absolute Gasteiger partial charge is 0.328 e. The van der Waals surface area contributed by atoms with E-state index in [2.05, 4.69) is 26.1 Å². The van der Waals surface area contributed by atoms with Crippen molar-refractivity contribution in [3.05, 3.63) is 29.8 Å². The number of nitrogens with one attached hydrogen (secondary N) is 1. The second-order valence-electron chi connectivity index (χ2n) is 5.70. The molecule has 0 radical (unpaired) electrons. The highest BCUT2D eigenvalue weighted by atomic mass is 16.2. The Morgan fingerprint density at radius 1 is 1.30 bits per heavy atom. The number of hydrogen-bond donors (Lipinski definition) is 2. The molecule has 0 aliphatic heterocycles. The number of benzene rings is 1. The largest absolute Gasteiger partial charge is 0.330 e. The molecule has 0 spiro atoms. The summed E-state index contributed by atoms with van der Waals surface area (Å²) in [5.41, 5.74) is 7.29. The minimum atomic E-state index is -0.433. The van der Waals surface area contributed by atoms with Gasteiger partial charge in [0, 0.05) is 12.2 Å². The third-order valence-electron chi connectivity index (χ3n) is 2.99. The molecule has 110 valence electrons. The summed E-state index contributed by atoms with van der Waals surface area (Å²) in [6, 6.07) is 7.19. The van der Waals surface area contributed by atoms with E-state index in [-0.39, 0.29) is 5.41 Å². The van der Waals surface area contributed by atoms with E-state index in [4.69, 9.17) is 5.73 Å². The maximum Gasteiger partial charge on any atom is 0.328 e. The van der Waals surface area contributed by atoms with Crippen molar-refractivity contribution in [2.24, 2.45) is 5.73 Å². The molecular weight excluding hydrogens is 254 g/mol. The molecule has 5 heteroatoms. The van der Waals surface area contributed by atoms with Crippen LogP contribution in [-0.4, -0.2) is 30.4 Å². The van der Waals surface area contributed by atoms with Crippen LogP contribution in [0.5, 0.6) is 0 Å². The lowest BCUT2D eigenvalue weighted by Crippen LogP contribution is -2.35. The molecule has 1 rings (SSSR count). The Bertz CT molecular complexity index is 449. The lowest BCUT2D eigenvalue weighted by Gasteiger charge is -2.20. The number of carbonyl (C=O) groups is 2. The first-order valence-electron chi connectivity index (χ1n) is 6.72. The molecule has 0 aliphatic carbocycles. The van der Waals surface area contributed by atoms with Crippen molar-refractivity contribution in [1.29, 1.82) is 0 Å². The summed E-state index contributed by atoms with van der Waals surface area (Å²) in [6.45, 7) is 7.15. The van der Waals surface area contributed by atoms with Gasteiger partial charge in [0.15, 0.2) is 0 Å². The first kappa shape index (κ1) is 16.2. The van der Waals surface area contributed by atoms with Crippen LogP contribution < -0.4 is 11.1 Å². The minimum Gasteiger partial charge on any atom is -0.330 e. The Kier molecular flexibility index (Phi) is 5.70. The van der Waals surface area contributed by atoms with Crippen LogP contribution in [0, 0.1) is 0 Å². The van der Waals surface area contributed by atoms with Crippen molar-refractivity contribution in [3.63, 3.8) is 0 Å². The number of urea groups is 1. The van der Waals surface area contributed by atoms with Gasteiger partial charge in [0.2, 0.25) is 6.41 Å². The molecule has 0 bridgehead atoms. The van der Waals surface area contributed by atoms with E-state index < -0.39 is 6.03 Å². The summed E-state index contributed by atoms with van der Waals surface area (Å²) >= 11 is 0. The molecule has 3 amide bonds. The first-order chi connectivity index (χ1) is 9.38. The van der Waals surface area contributed by atoms with Crippen molar-refractivity contribution in [3.8, 4) is 0 Å². The molecule has 0 fully saturated rings. The quantitative estimate of drug-likeness (QED) is 0.811. The van der Waals surface area contributed by atoms with E-state index in [1.165, 1.54) is 5.56 Å². The van der Waals surface area contributed by atoms with Crippen LogP contribution in [0.25, 0.3) is 0 Å². The van der Waals surface area contributed by atoms with Gasteiger partial charge >= 0.3 is 6.03 Å². The number of carbonyl (C=O) groups excluding carboxylic acids is 2. The third-order valence-corrected chi connectivity index (χ3v) is 2.99. The monoisotopic (exact) mass is 277 g/mol. The van der Waals surface area contributed by atoms with Gasteiger partial charge in [-0.3, -0.25) is 9.69 Å². The highest BCUT2D eigenvalue weighted by Gasteiger charge is 2.14. The standard InChI is InChI=1S/C15H23N3O2/c1-15(2,3)12-5-7-13(8-6-12)17-14(20)18(11-19)10-4-9-16/h5-8,11H,4,9-10,16H2,1-3H3,(H,17,20). The van der Waals surface area contributed by atoms with Gasteiger partial charge in [-0.15, -0.1) is 0 Å². The predicted octanol–water partition coefficient (Wildman–Crippen LogP) is 2.32. The third kappa shape index (κ3) is 4.66. The van der Waals surface area contributed by atoms with E-state index in [1.807, 2.05) is 24.3 Å². The highest BCUT2D eigenvalue weighted by molar-refractivity contribution is 5.95. The van der Waals surface area contributed by atoms with Crippen molar-refractivity contribution in [1.82, 2.24) is 4.90 Å².